The summed E-state index contributed by atoms with van der Waals surface area (Å²) in [6.07, 6.45) is 2.35. The molecule has 1 fully saturated rings. The fourth-order valence-electron chi connectivity index (χ4n) is 4.58. The fourth-order valence-corrected chi connectivity index (χ4v) is 4.58. The molecule has 1 aliphatic rings. The van der Waals surface area contributed by atoms with Crippen molar-refractivity contribution < 1.29 is 28.5 Å². The van der Waals surface area contributed by atoms with E-state index in [1.807, 2.05) is 36.4 Å². The molecule has 7 nitrogen and oxygen atoms in total. The maximum atomic E-state index is 13.8. The van der Waals surface area contributed by atoms with E-state index >= 15 is 0 Å². The van der Waals surface area contributed by atoms with E-state index in [9.17, 15) is 9.59 Å². The quantitative estimate of drug-likeness (QED) is 0.404. The molecule has 1 amide bonds. The number of hydrogen-bond donors (Lipinski definition) is 0. The zero-order valence-electron chi connectivity index (χ0n) is 19.5. The maximum absolute atomic E-state index is 13.8. The van der Waals surface area contributed by atoms with Crippen molar-refractivity contribution in [1.29, 1.82) is 0 Å². The van der Waals surface area contributed by atoms with Crippen molar-refractivity contribution in [3.63, 3.8) is 0 Å². The molecular formula is C26H29NO6. The average molecular weight is 452 g/mol. The summed E-state index contributed by atoms with van der Waals surface area (Å²) in [5, 5.41) is 3.40. The van der Waals surface area contributed by atoms with Gasteiger partial charge in [-0.05, 0) is 84.1 Å². The lowest BCUT2D eigenvalue weighted by atomic mass is 9.94. The molecule has 1 atom stereocenters. The third-order valence-electron chi connectivity index (χ3n) is 6.22. The second-order valence-electron chi connectivity index (χ2n) is 8.03. The highest BCUT2D eigenvalue weighted by atomic mass is 16.5. The van der Waals surface area contributed by atoms with Crippen molar-refractivity contribution in [2.24, 2.45) is 0 Å². The van der Waals surface area contributed by atoms with Gasteiger partial charge in [0.2, 0.25) is 0 Å². The molecule has 0 saturated carbocycles. The van der Waals surface area contributed by atoms with Crippen molar-refractivity contribution >= 4 is 33.4 Å². The number of carbonyl (C=O) groups is 2. The van der Waals surface area contributed by atoms with Gasteiger partial charge < -0.3 is 23.8 Å². The number of carbonyl (C=O) groups excluding carboxylic acids is 2. The number of rotatable bonds is 6. The smallest absolute Gasteiger partial charge is 0.328 e. The molecule has 0 aromatic heterocycles. The first-order valence-corrected chi connectivity index (χ1v) is 11.2. The van der Waals surface area contributed by atoms with Gasteiger partial charge in [0.05, 0.1) is 27.9 Å². The van der Waals surface area contributed by atoms with Gasteiger partial charge in [-0.15, -0.1) is 0 Å². The van der Waals surface area contributed by atoms with Crippen LogP contribution < -0.4 is 14.2 Å². The molecule has 0 aliphatic carbocycles. The molecule has 0 radical (unpaired) electrons. The molecule has 33 heavy (non-hydrogen) atoms. The summed E-state index contributed by atoms with van der Waals surface area (Å²) in [6.45, 7) is 2.58. The van der Waals surface area contributed by atoms with Crippen LogP contribution in [0.15, 0.2) is 36.4 Å². The zero-order valence-corrected chi connectivity index (χ0v) is 19.5. The van der Waals surface area contributed by atoms with Gasteiger partial charge >= 0.3 is 5.97 Å². The van der Waals surface area contributed by atoms with Gasteiger partial charge in [-0.3, -0.25) is 4.79 Å². The van der Waals surface area contributed by atoms with E-state index in [2.05, 4.69) is 0 Å². The Morgan fingerprint density at radius 3 is 2.36 bits per heavy atom. The summed E-state index contributed by atoms with van der Waals surface area (Å²) in [5.41, 5.74) is 0.531. The molecule has 4 rings (SSSR count). The molecular weight excluding hydrogens is 422 g/mol. The van der Waals surface area contributed by atoms with Gasteiger partial charge in [-0.25, -0.2) is 4.79 Å². The van der Waals surface area contributed by atoms with Crippen molar-refractivity contribution in [3.8, 4) is 17.2 Å². The Kier molecular flexibility index (Phi) is 6.58. The summed E-state index contributed by atoms with van der Waals surface area (Å²) in [7, 11) is 4.79. The van der Waals surface area contributed by atoms with Gasteiger partial charge in [0.1, 0.15) is 11.8 Å². The number of likely N-dealkylation sites (tertiary alicyclic amines) is 1. The van der Waals surface area contributed by atoms with Crippen LogP contribution in [0, 0.1) is 0 Å². The molecule has 0 bridgehead atoms. The Hall–Kier alpha value is -3.48. The Morgan fingerprint density at radius 1 is 0.909 bits per heavy atom. The summed E-state index contributed by atoms with van der Waals surface area (Å²) in [4.78, 5) is 28.1. The molecule has 1 aliphatic heterocycles. The summed E-state index contributed by atoms with van der Waals surface area (Å²) in [6, 6.07) is 10.7. The average Bonchev–Trinajstić information content (AvgIpc) is 2.86. The fraction of sp³-hybridized carbons (Fsp3) is 0.385. The zero-order chi connectivity index (χ0) is 23.5. The molecule has 7 heteroatoms. The highest BCUT2D eigenvalue weighted by molar-refractivity contribution is 6.18. The third-order valence-corrected chi connectivity index (χ3v) is 6.22. The van der Waals surface area contributed by atoms with E-state index in [1.54, 1.807) is 33.2 Å². The number of benzene rings is 3. The largest absolute Gasteiger partial charge is 0.497 e. The van der Waals surface area contributed by atoms with E-state index in [0.717, 1.165) is 34.4 Å². The Morgan fingerprint density at radius 2 is 1.67 bits per heavy atom. The van der Waals surface area contributed by atoms with Gasteiger partial charge in [0.25, 0.3) is 5.91 Å². The Bertz CT molecular complexity index is 1200. The van der Waals surface area contributed by atoms with Crippen molar-refractivity contribution in [3.05, 3.63) is 42.0 Å². The molecule has 3 aromatic rings. The second kappa shape index (κ2) is 9.57. The van der Waals surface area contributed by atoms with Gasteiger partial charge in [0.15, 0.2) is 11.5 Å². The Balaban J connectivity index is 1.92. The molecule has 3 aromatic carbocycles. The molecule has 0 spiro atoms. The highest BCUT2D eigenvalue weighted by Gasteiger charge is 2.34. The van der Waals surface area contributed by atoms with Crippen molar-refractivity contribution in [2.45, 2.75) is 32.2 Å². The standard InChI is InChI=1S/C26H29NO6/c1-5-33-26(29)22-8-6-7-11-27(22)25(28)21-12-16-13-23(31-3)24(32-4)15-19(16)20-14-17(30-2)9-10-18(20)21/h9-10,12-15,22H,5-8,11H2,1-4H3. The van der Waals surface area contributed by atoms with Crippen LogP contribution in [0.2, 0.25) is 0 Å². The lowest BCUT2D eigenvalue weighted by molar-refractivity contribution is -0.149. The van der Waals surface area contributed by atoms with Crippen molar-refractivity contribution in [1.82, 2.24) is 4.90 Å². The van der Waals surface area contributed by atoms with Gasteiger partial charge in [0, 0.05) is 12.1 Å². The van der Waals surface area contributed by atoms with E-state index in [1.165, 1.54) is 0 Å². The first-order valence-electron chi connectivity index (χ1n) is 11.2. The minimum absolute atomic E-state index is 0.181. The van der Waals surface area contributed by atoms with Crippen LogP contribution in [0.5, 0.6) is 17.2 Å². The van der Waals surface area contributed by atoms with Crippen LogP contribution in [-0.4, -0.2) is 57.3 Å². The number of piperidine rings is 1. The molecule has 174 valence electrons. The van der Waals surface area contributed by atoms with E-state index in [-0.39, 0.29) is 18.5 Å². The number of hydrogen-bond acceptors (Lipinski definition) is 6. The topological polar surface area (TPSA) is 74.3 Å². The third kappa shape index (κ3) is 4.15. The highest BCUT2D eigenvalue weighted by Crippen LogP contribution is 2.39. The number of ether oxygens (including phenoxy) is 4. The van der Waals surface area contributed by atoms with Crippen molar-refractivity contribution in [2.75, 3.05) is 34.5 Å². The first-order chi connectivity index (χ1) is 16.0. The maximum Gasteiger partial charge on any atom is 0.328 e. The first kappa shape index (κ1) is 22.7. The number of nitrogens with zero attached hydrogens (tertiary/aromatic N) is 1. The number of methoxy groups -OCH3 is 3. The number of fused-ring (bicyclic) bond motifs is 3. The van der Waals surface area contributed by atoms with Gasteiger partial charge in [-0.2, -0.15) is 0 Å². The van der Waals surface area contributed by atoms with Crippen LogP contribution >= 0.6 is 0 Å². The van der Waals surface area contributed by atoms with Crippen LogP contribution in [0.25, 0.3) is 21.5 Å². The molecule has 1 saturated heterocycles. The minimum Gasteiger partial charge on any atom is -0.497 e. The van der Waals surface area contributed by atoms with Crippen LogP contribution in [0.1, 0.15) is 36.5 Å². The predicted octanol–water partition coefficient (Wildman–Crippen LogP) is 4.58. The lowest BCUT2D eigenvalue weighted by Gasteiger charge is -2.34. The monoisotopic (exact) mass is 451 g/mol. The predicted molar refractivity (Wildman–Crippen MR) is 126 cm³/mol. The summed E-state index contributed by atoms with van der Waals surface area (Å²) >= 11 is 0. The van der Waals surface area contributed by atoms with Crippen LogP contribution in [0.3, 0.4) is 0 Å². The Labute approximate surface area is 193 Å². The number of esters is 1. The minimum atomic E-state index is -0.569. The molecule has 1 unspecified atom stereocenters. The van der Waals surface area contributed by atoms with Gasteiger partial charge in [-0.1, -0.05) is 0 Å². The lowest BCUT2D eigenvalue weighted by Crippen LogP contribution is -2.48. The molecule has 0 N–H and O–H groups in total. The van der Waals surface area contributed by atoms with Crippen LogP contribution in [-0.2, 0) is 9.53 Å². The number of amides is 1. The SMILES string of the molecule is CCOC(=O)C1CCCCN1C(=O)c1cc2cc(OC)c(OC)cc2c2cc(OC)ccc12. The normalized spacial score (nSPS) is 16.0. The second-order valence-corrected chi connectivity index (χ2v) is 8.03. The van der Waals surface area contributed by atoms with E-state index in [0.29, 0.717) is 35.8 Å². The molecule has 1 heterocycles. The summed E-state index contributed by atoms with van der Waals surface area (Å²) in [5.74, 6) is 1.34. The van der Waals surface area contributed by atoms with E-state index in [4.69, 9.17) is 18.9 Å². The van der Waals surface area contributed by atoms with E-state index < -0.39 is 6.04 Å². The van der Waals surface area contributed by atoms with Crippen LogP contribution in [0.4, 0.5) is 0 Å². The summed E-state index contributed by atoms with van der Waals surface area (Å²) < 4.78 is 21.7.